The quantitative estimate of drug-likeness (QED) is 0.296. The third-order valence-corrected chi connectivity index (χ3v) is 10.6. The second-order valence-electron chi connectivity index (χ2n) is 10.2. The van der Waals surface area contributed by atoms with Gasteiger partial charge in [-0.2, -0.15) is 0 Å². The van der Waals surface area contributed by atoms with Gasteiger partial charge in [-0.15, -0.1) is 0 Å². The molecule has 0 aromatic heterocycles. The Morgan fingerprint density at radius 1 is 0.842 bits per heavy atom. The minimum Gasteiger partial charge on any atom is -0.497 e. The zero-order valence-electron chi connectivity index (χ0n) is 21.6. The smallest absolute Gasteiger partial charge is 0.264 e. The number of hydrogen-bond donors (Lipinski definition) is 0. The minimum absolute atomic E-state index is 0.133. The molecule has 3 aromatic carbocycles. The molecule has 2 aliphatic rings. The predicted molar refractivity (Wildman–Crippen MR) is 155 cm³/mol. The average molecular weight is 574 g/mol. The van der Waals surface area contributed by atoms with Crippen molar-refractivity contribution in [2.45, 2.75) is 61.4 Å². The lowest BCUT2D eigenvalue weighted by molar-refractivity contribution is 0.107. The second kappa shape index (κ2) is 11.9. The van der Waals surface area contributed by atoms with Gasteiger partial charge in [-0.25, -0.2) is 8.42 Å². The molecule has 0 spiro atoms. The molecule has 0 radical (unpaired) electrons. The Morgan fingerprint density at radius 2 is 1.58 bits per heavy atom. The van der Waals surface area contributed by atoms with Crippen LogP contribution in [-0.2, 0) is 10.0 Å². The van der Waals surface area contributed by atoms with Gasteiger partial charge >= 0.3 is 0 Å². The lowest BCUT2D eigenvalue weighted by Gasteiger charge is -2.45. The average Bonchev–Trinajstić information content (AvgIpc) is 2.95. The first-order chi connectivity index (χ1) is 18.4. The Balaban J connectivity index is 1.42. The van der Waals surface area contributed by atoms with Gasteiger partial charge in [0.15, 0.2) is 0 Å². The molecule has 1 saturated carbocycles. The van der Waals surface area contributed by atoms with Crippen LogP contribution in [0.3, 0.4) is 0 Å². The van der Waals surface area contributed by atoms with Crippen molar-refractivity contribution >= 4 is 38.9 Å². The van der Waals surface area contributed by atoms with Crippen LogP contribution in [0.1, 0.15) is 50.0 Å². The van der Waals surface area contributed by atoms with E-state index in [9.17, 15) is 8.42 Å². The SMILES string of the molecule is COc1cccc(N(C2CCN([C@@H]3CCCC[C@@H]3c3ccccc3)CC2)S(=O)(=O)c2ccc(Cl)c(Cl)c2)c1. The molecule has 2 atom stereocenters. The highest BCUT2D eigenvalue weighted by molar-refractivity contribution is 7.92. The first kappa shape index (κ1) is 27.3. The molecule has 5 nitrogen and oxygen atoms in total. The number of sulfonamides is 1. The van der Waals surface area contributed by atoms with Crippen LogP contribution >= 0.6 is 23.2 Å². The number of hydrogen-bond acceptors (Lipinski definition) is 4. The number of benzene rings is 3. The van der Waals surface area contributed by atoms with Crippen molar-refractivity contribution in [1.82, 2.24) is 4.90 Å². The zero-order chi connectivity index (χ0) is 26.7. The zero-order valence-corrected chi connectivity index (χ0v) is 23.9. The number of halogens is 2. The van der Waals surface area contributed by atoms with Crippen molar-refractivity contribution in [2.75, 3.05) is 24.5 Å². The number of anilines is 1. The van der Waals surface area contributed by atoms with Gasteiger partial charge in [-0.1, -0.05) is 72.4 Å². The number of rotatable bonds is 7. The Kier molecular flexibility index (Phi) is 8.53. The van der Waals surface area contributed by atoms with E-state index >= 15 is 0 Å². The summed E-state index contributed by atoms with van der Waals surface area (Å²) >= 11 is 12.3. The summed E-state index contributed by atoms with van der Waals surface area (Å²) in [6.45, 7) is 1.71. The Hall–Kier alpha value is -2.25. The molecular weight excluding hydrogens is 539 g/mol. The predicted octanol–water partition coefficient (Wildman–Crippen LogP) is 7.39. The van der Waals surface area contributed by atoms with Gasteiger partial charge in [0.05, 0.1) is 27.7 Å². The lowest BCUT2D eigenvalue weighted by Crippen LogP contribution is -2.51. The molecule has 0 amide bonds. The molecule has 202 valence electrons. The van der Waals surface area contributed by atoms with Crippen molar-refractivity contribution in [3.05, 3.63) is 88.4 Å². The standard InChI is InChI=1S/C30H34Cl2N2O3S/c1-37-25-11-7-10-24(20-25)34(38(35,36)26-14-15-28(31)29(32)21-26)23-16-18-33(19-17-23)30-13-6-5-12-27(30)22-8-3-2-4-9-22/h2-4,7-11,14-15,20-21,23,27,30H,5-6,12-13,16-19H2,1H3/t27-,30-/m1/s1. The summed E-state index contributed by atoms with van der Waals surface area (Å²) in [6.07, 6.45) is 6.39. The van der Waals surface area contributed by atoms with Crippen molar-refractivity contribution < 1.29 is 13.2 Å². The summed E-state index contributed by atoms with van der Waals surface area (Å²) in [5, 5.41) is 0.546. The Morgan fingerprint density at radius 3 is 2.29 bits per heavy atom. The monoisotopic (exact) mass is 572 g/mol. The van der Waals surface area contributed by atoms with E-state index in [-0.39, 0.29) is 16.0 Å². The summed E-state index contributed by atoms with van der Waals surface area (Å²) in [4.78, 5) is 2.73. The molecule has 0 N–H and O–H groups in total. The van der Waals surface area contributed by atoms with Crippen LogP contribution in [0.15, 0.2) is 77.7 Å². The van der Waals surface area contributed by atoms with Gasteiger partial charge in [0.1, 0.15) is 5.75 Å². The summed E-state index contributed by atoms with van der Waals surface area (Å²) in [6, 6.07) is 22.9. The van der Waals surface area contributed by atoms with E-state index in [0.717, 1.165) is 25.9 Å². The summed E-state index contributed by atoms with van der Waals surface area (Å²) in [5.74, 6) is 1.14. The number of ether oxygens (including phenoxy) is 1. The van der Waals surface area contributed by atoms with E-state index in [2.05, 4.69) is 35.2 Å². The van der Waals surface area contributed by atoms with Crippen molar-refractivity contribution in [1.29, 1.82) is 0 Å². The molecule has 0 bridgehead atoms. The highest BCUT2D eigenvalue weighted by Crippen LogP contribution is 2.39. The number of likely N-dealkylation sites (tertiary alicyclic amines) is 1. The van der Waals surface area contributed by atoms with E-state index in [1.54, 1.807) is 17.5 Å². The molecule has 1 aliphatic heterocycles. The summed E-state index contributed by atoms with van der Waals surface area (Å²) in [5.41, 5.74) is 2.01. The maximum absolute atomic E-state index is 14.1. The molecule has 1 aliphatic carbocycles. The van der Waals surface area contributed by atoms with E-state index in [4.69, 9.17) is 27.9 Å². The van der Waals surface area contributed by atoms with Crippen LogP contribution in [0, 0.1) is 0 Å². The molecule has 1 heterocycles. The van der Waals surface area contributed by atoms with Crippen molar-refractivity contribution in [2.24, 2.45) is 0 Å². The molecule has 5 rings (SSSR count). The van der Waals surface area contributed by atoms with Crippen molar-refractivity contribution in [3.63, 3.8) is 0 Å². The van der Waals surface area contributed by atoms with E-state index in [0.29, 0.717) is 28.4 Å². The summed E-state index contributed by atoms with van der Waals surface area (Å²) in [7, 11) is -2.31. The lowest BCUT2D eigenvalue weighted by atomic mass is 9.78. The fourth-order valence-electron chi connectivity index (χ4n) is 6.13. The normalized spacial score (nSPS) is 21.2. The molecule has 2 fully saturated rings. The van der Waals surface area contributed by atoms with Gasteiger partial charge < -0.3 is 4.74 Å². The molecule has 1 saturated heterocycles. The van der Waals surface area contributed by atoms with Crippen LogP contribution in [0.2, 0.25) is 10.0 Å². The Labute approximate surface area is 236 Å². The van der Waals surface area contributed by atoms with Crippen LogP contribution in [0.25, 0.3) is 0 Å². The van der Waals surface area contributed by atoms with Crippen molar-refractivity contribution in [3.8, 4) is 5.75 Å². The van der Waals surface area contributed by atoms with Gasteiger partial charge in [-0.05, 0) is 67.5 Å². The van der Waals surface area contributed by atoms with E-state index in [1.165, 1.54) is 49.4 Å². The molecule has 38 heavy (non-hydrogen) atoms. The summed E-state index contributed by atoms with van der Waals surface area (Å²) < 4.78 is 35.2. The van der Waals surface area contributed by atoms with Gasteiger partial charge in [-0.3, -0.25) is 9.21 Å². The van der Waals surface area contributed by atoms with Gasteiger partial charge in [0.2, 0.25) is 0 Å². The Bertz CT molecular complexity index is 1340. The maximum Gasteiger partial charge on any atom is 0.264 e. The first-order valence-electron chi connectivity index (χ1n) is 13.3. The van der Waals surface area contributed by atoms with E-state index < -0.39 is 10.0 Å². The fourth-order valence-corrected chi connectivity index (χ4v) is 8.22. The molecule has 3 aromatic rings. The number of piperidine rings is 1. The second-order valence-corrected chi connectivity index (χ2v) is 12.8. The number of methoxy groups -OCH3 is 1. The topological polar surface area (TPSA) is 49.9 Å². The minimum atomic E-state index is -3.90. The van der Waals surface area contributed by atoms with Crippen LogP contribution < -0.4 is 9.04 Å². The van der Waals surface area contributed by atoms with Crippen LogP contribution in [0.4, 0.5) is 5.69 Å². The van der Waals surface area contributed by atoms with Gasteiger partial charge in [0, 0.05) is 31.2 Å². The third kappa shape index (κ3) is 5.69. The maximum atomic E-state index is 14.1. The van der Waals surface area contributed by atoms with Crippen LogP contribution in [-0.4, -0.2) is 45.6 Å². The molecular formula is C30H34Cl2N2O3S. The third-order valence-electron chi connectivity index (χ3n) is 8.01. The van der Waals surface area contributed by atoms with Gasteiger partial charge in [0.25, 0.3) is 10.0 Å². The molecule has 8 heteroatoms. The highest BCUT2D eigenvalue weighted by atomic mass is 35.5. The number of nitrogens with zero attached hydrogens (tertiary/aromatic N) is 2. The fraction of sp³-hybridized carbons (Fsp3) is 0.400. The largest absolute Gasteiger partial charge is 0.497 e. The molecule has 0 unspecified atom stereocenters. The van der Waals surface area contributed by atoms with E-state index in [1.807, 2.05) is 18.2 Å². The highest BCUT2D eigenvalue weighted by Gasteiger charge is 2.38. The first-order valence-corrected chi connectivity index (χ1v) is 15.5. The van der Waals surface area contributed by atoms with Crippen LogP contribution in [0.5, 0.6) is 5.75 Å².